The molecule has 1 atom stereocenters. The molecule has 0 heterocycles. The van der Waals surface area contributed by atoms with Gasteiger partial charge in [-0.1, -0.05) is 43.7 Å². The van der Waals surface area contributed by atoms with E-state index in [0.717, 1.165) is 24.8 Å². The highest BCUT2D eigenvalue weighted by Gasteiger charge is 2.28. The summed E-state index contributed by atoms with van der Waals surface area (Å²) in [6.07, 6.45) is 3.21. The number of benzene rings is 1. The Kier molecular flexibility index (Phi) is 6.59. The van der Waals surface area contributed by atoms with Gasteiger partial charge in [0.15, 0.2) is 0 Å². The van der Waals surface area contributed by atoms with Gasteiger partial charge in [0.05, 0.1) is 18.0 Å². The number of hydrogen-bond donors (Lipinski definition) is 0. The molecule has 21 heavy (non-hydrogen) atoms. The largest absolute Gasteiger partial charge is 0.469 e. The summed E-state index contributed by atoms with van der Waals surface area (Å²) in [6, 6.07) is 6.28. The molecular formula is C16H21NO4. The van der Waals surface area contributed by atoms with Crippen LogP contribution >= 0.6 is 0 Å². The van der Waals surface area contributed by atoms with E-state index in [1.54, 1.807) is 18.2 Å². The van der Waals surface area contributed by atoms with Gasteiger partial charge in [0.2, 0.25) is 0 Å². The molecule has 0 bridgehead atoms. The lowest BCUT2D eigenvalue weighted by Gasteiger charge is -2.16. The Morgan fingerprint density at radius 3 is 2.67 bits per heavy atom. The molecule has 0 saturated heterocycles. The lowest BCUT2D eigenvalue weighted by molar-refractivity contribution is -0.385. The maximum atomic E-state index is 12.0. The second-order valence-electron chi connectivity index (χ2n) is 4.95. The first-order valence-corrected chi connectivity index (χ1v) is 6.99. The molecule has 1 aromatic carbocycles. The van der Waals surface area contributed by atoms with Gasteiger partial charge in [-0.3, -0.25) is 14.9 Å². The highest BCUT2D eigenvalue weighted by atomic mass is 16.6. The molecule has 0 saturated carbocycles. The van der Waals surface area contributed by atoms with Crippen LogP contribution in [-0.2, 0) is 9.53 Å². The minimum absolute atomic E-state index is 0.0591. The molecule has 0 unspecified atom stereocenters. The number of nitro groups is 1. The van der Waals surface area contributed by atoms with Crippen LogP contribution in [0, 0.1) is 10.1 Å². The van der Waals surface area contributed by atoms with Crippen molar-refractivity contribution in [3.8, 4) is 0 Å². The molecule has 1 rings (SSSR count). The fraction of sp³-hybridized carbons (Fsp3) is 0.438. The fourth-order valence-corrected chi connectivity index (χ4v) is 2.23. The van der Waals surface area contributed by atoms with Gasteiger partial charge in [0.25, 0.3) is 5.69 Å². The lowest BCUT2D eigenvalue weighted by Crippen LogP contribution is -2.16. The normalized spacial score (nSPS) is 11.7. The first-order valence-electron chi connectivity index (χ1n) is 6.99. The summed E-state index contributed by atoms with van der Waals surface area (Å²) in [4.78, 5) is 22.7. The molecule has 0 aromatic heterocycles. The van der Waals surface area contributed by atoms with Crippen molar-refractivity contribution < 1.29 is 14.5 Å². The van der Waals surface area contributed by atoms with Gasteiger partial charge in [-0.15, -0.1) is 0 Å². The Bertz CT molecular complexity index is 525. The summed E-state index contributed by atoms with van der Waals surface area (Å²) in [7, 11) is 1.29. The molecule has 114 valence electrons. The van der Waals surface area contributed by atoms with Crippen molar-refractivity contribution in [1.82, 2.24) is 0 Å². The molecule has 0 radical (unpaired) electrons. The second-order valence-corrected chi connectivity index (χ2v) is 4.95. The van der Waals surface area contributed by atoms with E-state index < -0.39 is 16.8 Å². The van der Waals surface area contributed by atoms with Gasteiger partial charge in [-0.05, 0) is 19.3 Å². The van der Waals surface area contributed by atoms with Crippen LogP contribution in [0.3, 0.4) is 0 Å². The highest BCUT2D eigenvalue weighted by Crippen LogP contribution is 2.32. The number of carbonyl (C=O) groups excluding carboxylic acids is 1. The van der Waals surface area contributed by atoms with Crippen molar-refractivity contribution in [3.05, 3.63) is 52.1 Å². The zero-order valence-electron chi connectivity index (χ0n) is 12.5. The van der Waals surface area contributed by atoms with Gasteiger partial charge in [0, 0.05) is 11.6 Å². The molecule has 0 aliphatic heterocycles. The molecular weight excluding hydrogens is 270 g/mol. The Morgan fingerprint density at radius 1 is 1.43 bits per heavy atom. The monoisotopic (exact) mass is 291 g/mol. The van der Waals surface area contributed by atoms with E-state index in [2.05, 4.69) is 13.5 Å². The van der Waals surface area contributed by atoms with Gasteiger partial charge in [0.1, 0.15) is 0 Å². The summed E-state index contributed by atoms with van der Waals surface area (Å²) in [5.41, 5.74) is 1.23. The van der Waals surface area contributed by atoms with E-state index >= 15 is 0 Å². The van der Waals surface area contributed by atoms with Gasteiger partial charge in [-0.25, -0.2) is 0 Å². The summed E-state index contributed by atoms with van der Waals surface area (Å²) >= 11 is 0. The Hall–Kier alpha value is -2.17. The number of carbonyl (C=O) groups is 1. The van der Waals surface area contributed by atoms with Crippen LogP contribution in [0.15, 0.2) is 36.4 Å². The van der Waals surface area contributed by atoms with Crippen LogP contribution in [0.25, 0.3) is 0 Å². The van der Waals surface area contributed by atoms with Crippen molar-refractivity contribution >= 4 is 11.7 Å². The fourth-order valence-electron chi connectivity index (χ4n) is 2.23. The van der Waals surface area contributed by atoms with Gasteiger partial charge >= 0.3 is 5.97 Å². The minimum Gasteiger partial charge on any atom is -0.469 e. The number of para-hydroxylation sites is 1. The van der Waals surface area contributed by atoms with Crippen LogP contribution in [-0.4, -0.2) is 18.0 Å². The molecule has 1 aromatic rings. The number of hydrogen-bond acceptors (Lipinski definition) is 4. The van der Waals surface area contributed by atoms with Crippen LogP contribution in [0.5, 0.6) is 0 Å². The van der Waals surface area contributed by atoms with E-state index in [-0.39, 0.29) is 5.69 Å². The molecule has 0 fully saturated rings. The summed E-state index contributed by atoms with van der Waals surface area (Å²) in [5.74, 6) is -1.15. The standard InChI is InChI=1S/C16H21NO4/c1-4-5-8-12(2)11-14(16(18)21-3)13-9-6-7-10-15(13)17(19)20/h6-7,9-10,14H,2,4-5,8,11H2,1,3H3/t14-/m1/s1. The Labute approximate surface area is 124 Å². The Morgan fingerprint density at radius 2 is 2.10 bits per heavy atom. The highest BCUT2D eigenvalue weighted by molar-refractivity contribution is 5.80. The lowest BCUT2D eigenvalue weighted by atomic mass is 9.89. The van der Waals surface area contributed by atoms with Crippen LogP contribution in [0.2, 0.25) is 0 Å². The third kappa shape index (κ3) is 4.70. The molecule has 0 N–H and O–H groups in total. The number of nitrogens with zero attached hydrogens (tertiary/aromatic N) is 1. The van der Waals surface area contributed by atoms with E-state index in [4.69, 9.17) is 4.74 Å². The predicted octanol–water partition coefficient (Wildman–Crippen LogP) is 3.99. The van der Waals surface area contributed by atoms with Gasteiger partial charge < -0.3 is 4.74 Å². The van der Waals surface area contributed by atoms with E-state index in [9.17, 15) is 14.9 Å². The quantitative estimate of drug-likeness (QED) is 0.314. The summed E-state index contributed by atoms with van der Waals surface area (Å²) < 4.78 is 4.80. The second kappa shape index (κ2) is 8.19. The third-order valence-corrected chi connectivity index (χ3v) is 3.37. The number of unbranched alkanes of at least 4 members (excludes halogenated alkanes) is 1. The van der Waals surface area contributed by atoms with Crippen molar-refractivity contribution in [2.75, 3.05) is 7.11 Å². The average molecular weight is 291 g/mol. The Balaban J connectivity index is 3.06. The van der Waals surface area contributed by atoms with Crippen molar-refractivity contribution in [2.45, 2.75) is 38.5 Å². The number of ether oxygens (including phenoxy) is 1. The minimum atomic E-state index is -0.680. The number of methoxy groups -OCH3 is 1. The zero-order valence-corrected chi connectivity index (χ0v) is 12.5. The first kappa shape index (κ1) is 16.9. The summed E-state index contributed by atoms with van der Waals surface area (Å²) in [5, 5.41) is 11.1. The zero-order chi connectivity index (χ0) is 15.8. The maximum absolute atomic E-state index is 12.0. The van der Waals surface area contributed by atoms with E-state index in [0.29, 0.717) is 12.0 Å². The van der Waals surface area contributed by atoms with Crippen LogP contribution in [0.4, 0.5) is 5.69 Å². The number of nitro benzene ring substituents is 1. The van der Waals surface area contributed by atoms with Crippen molar-refractivity contribution in [3.63, 3.8) is 0 Å². The SMILES string of the molecule is C=C(CCCC)C[C@@H](C(=O)OC)c1ccccc1[N+](=O)[O-]. The molecule has 0 aliphatic carbocycles. The molecule has 0 aliphatic rings. The predicted molar refractivity (Wildman–Crippen MR) is 81.1 cm³/mol. The van der Waals surface area contributed by atoms with Gasteiger partial charge in [-0.2, -0.15) is 0 Å². The molecule has 5 heteroatoms. The van der Waals surface area contributed by atoms with Crippen molar-refractivity contribution in [2.24, 2.45) is 0 Å². The van der Waals surface area contributed by atoms with Crippen LogP contribution in [0.1, 0.15) is 44.1 Å². The van der Waals surface area contributed by atoms with Crippen molar-refractivity contribution in [1.29, 1.82) is 0 Å². The first-order chi connectivity index (χ1) is 10.0. The molecule has 5 nitrogen and oxygen atoms in total. The number of rotatable bonds is 8. The van der Waals surface area contributed by atoms with E-state index in [1.807, 2.05) is 0 Å². The number of allylic oxidation sites excluding steroid dienone is 1. The number of esters is 1. The van der Waals surface area contributed by atoms with E-state index in [1.165, 1.54) is 13.2 Å². The molecule has 0 spiro atoms. The maximum Gasteiger partial charge on any atom is 0.313 e. The average Bonchev–Trinajstić information content (AvgIpc) is 2.49. The smallest absolute Gasteiger partial charge is 0.313 e. The third-order valence-electron chi connectivity index (χ3n) is 3.37. The summed E-state index contributed by atoms with van der Waals surface area (Å²) in [6.45, 7) is 6.05. The molecule has 0 amide bonds. The topological polar surface area (TPSA) is 69.4 Å². The van der Waals surface area contributed by atoms with Crippen LogP contribution < -0.4 is 0 Å².